The van der Waals surface area contributed by atoms with E-state index in [1.807, 2.05) is 6.20 Å². The summed E-state index contributed by atoms with van der Waals surface area (Å²) in [6.45, 7) is 7.83. The summed E-state index contributed by atoms with van der Waals surface area (Å²) in [6, 6.07) is 2.30. The van der Waals surface area contributed by atoms with Crippen molar-refractivity contribution < 1.29 is 0 Å². The highest BCUT2D eigenvalue weighted by Crippen LogP contribution is 2.24. The van der Waals surface area contributed by atoms with Crippen LogP contribution in [0.25, 0.3) is 0 Å². The summed E-state index contributed by atoms with van der Waals surface area (Å²) < 4.78 is 0. The molecule has 0 aromatic carbocycles. The lowest BCUT2D eigenvalue weighted by Gasteiger charge is -2.18. The highest BCUT2D eigenvalue weighted by molar-refractivity contribution is 5.49. The summed E-state index contributed by atoms with van der Waals surface area (Å²) in [5, 5.41) is 3.28. The highest BCUT2D eigenvalue weighted by atomic mass is 15.0. The van der Waals surface area contributed by atoms with Gasteiger partial charge in [0.25, 0.3) is 0 Å². The number of nitrogens with one attached hydrogen (secondary N) is 1. The molecule has 0 fully saturated rings. The van der Waals surface area contributed by atoms with Crippen molar-refractivity contribution in [3.8, 4) is 0 Å². The molecule has 1 aliphatic heterocycles. The number of rotatable bonds is 1. The van der Waals surface area contributed by atoms with E-state index in [0.29, 0.717) is 5.41 Å². The molecule has 1 aliphatic rings. The lowest BCUT2D eigenvalue weighted by molar-refractivity contribution is 0.410. The fourth-order valence-corrected chi connectivity index (χ4v) is 1.93. The maximum Gasteiger partial charge on any atom is 0.129 e. The Morgan fingerprint density at radius 2 is 2.21 bits per heavy atom. The van der Waals surface area contributed by atoms with E-state index in [1.54, 1.807) is 0 Å². The van der Waals surface area contributed by atoms with Crippen LogP contribution >= 0.6 is 0 Å². The van der Waals surface area contributed by atoms with Gasteiger partial charge < -0.3 is 5.32 Å². The lowest BCUT2D eigenvalue weighted by atomic mass is 9.88. The van der Waals surface area contributed by atoms with E-state index < -0.39 is 0 Å². The van der Waals surface area contributed by atoms with Gasteiger partial charge in [0, 0.05) is 12.7 Å². The molecule has 1 aromatic heterocycles. The smallest absolute Gasteiger partial charge is 0.129 e. The van der Waals surface area contributed by atoms with Crippen LogP contribution in [0.5, 0.6) is 0 Å². The van der Waals surface area contributed by atoms with Crippen molar-refractivity contribution in [3.05, 3.63) is 23.4 Å². The van der Waals surface area contributed by atoms with Gasteiger partial charge in [0.15, 0.2) is 0 Å². The standard InChI is InChI=1S/C12H18N2/c1-12(2,3)7-9-6-10-4-5-13-11(10)14-8-9/h6,8H,4-5,7H2,1-3H3,(H,13,14). The van der Waals surface area contributed by atoms with Gasteiger partial charge in [-0.3, -0.25) is 0 Å². The van der Waals surface area contributed by atoms with E-state index in [9.17, 15) is 0 Å². The Balaban J connectivity index is 2.21. The summed E-state index contributed by atoms with van der Waals surface area (Å²) in [5.74, 6) is 1.09. The molecule has 1 aromatic rings. The molecular weight excluding hydrogens is 172 g/mol. The molecule has 0 bridgehead atoms. The second-order valence-electron chi connectivity index (χ2n) is 5.27. The number of fused-ring (bicyclic) bond motifs is 1. The molecule has 0 saturated heterocycles. The molecule has 2 rings (SSSR count). The number of hydrogen-bond acceptors (Lipinski definition) is 2. The third kappa shape index (κ3) is 2.06. The topological polar surface area (TPSA) is 24.9 Å². The number of pyridine rings is 1. The second kappa shape index (κ2) is 3.26. The van der Waals surface area contributed by atoms with E-state index in [4.69, 9.17) is 0 Å². The highest BCUT2D eigenvalue weighted by Gasteiger charge is 2.15. The van der Waals surface area contributed by atoms with Gasteiger partial charge in [-0.05, 0) is 29.4 Å². The predicted molar refractivity (Wildman–Crippen MR) is 59.6 cm³/mol. The first-order valence-electron chi connectivity index (χ1n) is 5.26. The zero-order valence-electron chi connectivity index (χ0n) is 9.22. The van der Waals surface area contributed by atoms with E-state index in [0.717, 1.165) is 25.2 Å². The zero-order valence-corrected chi connectivity index (χ0v) is 9.22. The molecule has 0 radical (unpaired) electrons. The SMILES string of the molecule is CC(C)(C)Cc1cnc2c(c1)CCN2. The van der Waals surface area contributed by atoms with Crippen LogP contribution in [0.4, 0.5) is 5.82 Å². The van der Waals surface area contributed by atoms with Crippen molar-refractivity contribution in [3.63, 3.8) is 0 Å². The van der Waals surface area contributed by atoms with Crippen LogP contribution in [0.2, 0.25) is 0 Å². The van der Waals surface area contributed by atoms with Gasteiger partial charge in [0.05, 0.1) is 0 Å². The largest absolute Gasteiger partial charge is 0.370 e. The van der Waals surface area contributed by atoms with E-state index >= 15 is 0 Å². The van der Waals surface area contributed by atoms with E-state index in [2.05, 4.69) is 37.1 Å². The number of hydrogen-bond donors (Lipinski definition) is 1. The van der Waals surface area contributed by atoms with Crippen molar-refractivity contribution in [1.29, 1.82) is 0 Å². The van der Waals surface area contributed by atoms with Crippen LogP contribution in [-0.2, 0) is 12.8 Å². The van der Waals surface area contributed by atoms with Crippen LogP contribution in [0.3, 0.4) is 0 Å². The molecule has 1 N–H and O–H groups in total. The molecular formula is C12H18N2. The second-order valence-corrected chi connectivity index (χ2v) is 5.27. The zero-order chi connectivity index (χ0) is 10.2. The molecule has 2 heteroatoms. The molecule has 0 saturated carbocycles. The Morgan fingerprint density at radius 1 is 1.43 bits per heavy atom. The fraction of sp³-hybridized carbons (Fsp3) is 0.583. The number of nitrogens with zero attached hydrogens (tertiary/aromatic N) is 1. The minimum Gasteiger partial charge on any atom is -0.370 e. The van der Waals surface area contributed by atoms with Gasteiger partial charge in [-0.15, -0.1) is 0 Å². The first-order valence-corrected chi connectivity index (χ1v) is 5.26. The van der Waals surface area contributed by atoms with Gasteiger partial charge in [0.1, 0.15) is 5.82 Å². The Morgan fingerprint density at radius 3 is 2.93 bits per heavy atom. The molecule has 76 valence electrons. The molecule has 0 spiro atoms. The Kier molecular flexibility index (Phi) is 2.22. The maximum absolute atomic E-state index is 4.43. The van der Waals surface area contributed by atoms with Crippen LogP contribution in [0.1, 0.15) is 31.9 Å². The van der Waals surface area contributed by atoms with Crippen molar-refractivity contribution in [2.45, 2.75) is 33.6 Å². The lowest BCUT2D eigenvalue weighted by Crippen LogP contribution is -2.09. The minimum absolute atomic E-state index is 0.349. The van der Waals surface area contributed by atoms with Crippen molar-refractivity contribution >= 4 is 5.82 Å². The number of anilines is 1. The molecule has 0 atom stereocenters. The summed E-state index contributed by atoms with van der Waals surface area (Å²) >= 11 is 0. The Hall–Kier alpha value is -1.05. The van der Waals surface area contributed by atoms with Crippen molar-refractivity contribution in [2.75, 3.05) is 11.9 Å². The molecule has 2 nitrogen and oxygen atoms in total. The Bertz CT molecular complexity index is 337. The predicted octanol–water partition coefficient (Wildman–Crippen LogP) is 2.64. The van der Waals surface area contributed by atoms with Gasteiger partial charge >= 0.3 is 0 Å². The summed E-state index contributed by atoms with van der Waals surface area (Å²) in [5.41, 5.74) is 3.09. The van der Waals surface area contributed by atoms with Crippen LogP contribution < -0.4 is 5.32 Å². The fourth-order valence-electron chi connectivity index (χ4n) is 1.93. The van der Waals surface area contributed by atoms with Gasteiger partial charge in [-0.2, -0.15) is 0 Å². The van der Waals surface area contributed by atoms with Crippen molar-refractivity contribution in [1.82, 2.24) is 4.98 Å². The van der Waals surface area contributed by atoms with Crippen LogP contribution in [-0.4, -0.2) is 11.5 Å². The van der Waals surface area contributed by atoms with Crippen LogP contribution in [0, 0.1) is 5.41 Å². The monoisotopic (exact) mass is 190 g/mol. The van der Waals surface area contributed by atoms with Gasteiger partial charge in [0.2, 0.25) is 0 Å². The van der Waals surface area contributed by atoms with E-state index in [-0.39, 0.29) is 0 Å². The van der Waals surface area contributed by atoms with Gasteiger partial charge in [-0.1, -0.05) is 26.8 Å². The summed E-state index contributed by atoms with van der Waals surface area (Å²) in [6.07, 6.45) is 4.23. The van der Waals surface area contributed by atoms with Crippen molar-refractivity contribution in [2.24, 2.45) is 5.41 Å². The molecule has 0 aliphatic carbocycles. The quantitative estimate of drug-likeness (QED) is 0.736. The van der Waals surface area contributed by atoms with Gasteiger partial charge in [-0.25, -0.2) is 4.98 Å². The maximum atomic E-state index is 4.43. The summed E-state index contributed by atoms with van der Waals surface area (Å²) in [7, 11) is 0. The average Bonchev–Trinajstić information content (AvgIpc) is 2.47. The average molecular weight is 190 g/mol. The van der Waals surface area contributed by atoms with E-state index in [1.165, 1.54) is 11.1 Å². The molecule has 0 unspecified atom stereocenters. The molecule has 0 amide bonds. The Labute approximate surface area is 85.7 Å². The number of aromatic nitrogens is 1. The third-order valence-electron chi connectivity index (χ3n) is 2.44. The summed E-state index contributed by atoms with van der Waals surface area (Å²) in [4.78, 5) is 4.43. The minimum atomic E-state index is 0.349. The molecule has 2 heterocycles. The molecule has 14 heavy (non-hydrogen) atoms. The first kappa shape index (κ1) is 9.50. The third-order valence-corrected chi connectivity index (χ3v) is 2.44. The van der Waals surface area contributed by atoms with Crippen LogP contribution in [0.15, 0.2) is 12.3 Å². The first-order chi connectivity index (χ1) is 6.54. The normalized spacial score (nSPS) is 15.1.